The van der Waals surface area contributed by atoms with Crippen molar-refractivity contribution in [3.63, 3.8) is 0 Å². The van der Waals surface area contributed by atoms with Gasteiger partial charge in [-0.05, 0) is 77.0 Å². The largest absolute Gasteiger partial charge is 0.466 e. The summed E-state index contributed by atoms with van der Waals surface area (Å²) in [4.78, 5) is 24.5. The van der Waals surface area contributed by atoms with Gasteiger partial charge in [0.05, 0.1) is 25.4 Å². The van der Waals surface area contributed by atoms with Crippen LogP contribution in [0.4, 0.5) is 0 Å². The molecule has 0 spiro atoms. The topological polar surface area (TPSA) is 95.9 Å². The van der Waals surface area contributed by atoms with Crippen LogP contribution < -0.4 is 5.32 Å². The Hall–Kier alpha value is -1.66. The standard InChI is InChI=1S/C66H127NO5/c1-3-5-7-9-11-13-15-34-38-42-46-50-54-58-64(69)63(62-68)67-65(70)59-55-51-47-43-39-36-32-30-28-26-24-22-20-18-17-19-21-23-25-27-29-31-33-37-41-45-49-53-57-61-72-66(71)60-56-52-48-44-40-35-16-14-12-10-8-6-4-2/h14,16-17,19,63-64,68-69H,3-13,15,18,20-62H2,1-2H3,(H,67,70)/b16-14-,19-17-. The fourth-order valence-electron chi connectivity index (χ4n) is 10.2. The van der Waals surface area contributed by atoms with Gasteiger partial charge < -0.3 is 20.3 Å². The number of unbranched alkanes of at least 4 members (excludes halogenated alkanes) is 46. The molecule has 0 aromatic heterocycles. The number of ether oxygens (including phenoxy) is 1. The monoisotopic (exact) mass is 1010 g/mol. The Morgan fingerprint density at radius 2 is 0.653 bits per heavy atom. The van der Waals surface area contributed by atoms with Gasteiger partial charge in [-0.2, -0.15) is 0 Å². The van der Waals surface area contributed by atoms with Crippen LogP contribution in [0.5, 0.6) is 0 Å². The summed E-state index contributed by atoms with van der Waals surface area (Å²) in [6.07, 6.45) is 76.4. The van der Waals surface area contributed by atoms with Crippen molar-refractivity contribution in [2.75, 3.05) is 13.2 Å². The summed E-state index contributed by atoms with van der Waals surface area (Å²) in [7, 11) is 0. The molecule has 426 valence electrons. The Labute approximate surface area is 450 Å². The number of allylic oxidation sites excluding steroid dienone is 4. The van der Waals surface area contributed by atoms with Crippen LogP contribution in [0.3, 0.4) is 0 Å². The first-order valence-corrected chi connectivity index (χ1v) is 32.6. The van der Waals surface area contributed by atoms with Gasteiger partial charge in [-0.15, -0.1) is 0 Å². The average Bonchev–Trinajstić information content (AvgIpc) is 3.38. The molecule has 1 amide bonds. The lowest BCUT2D eigenvalue weighted by Crippen LogP contribution is -2.45. The fraction of sp³-hybridized carbons (Fsp3) is 0.909. The second-order valence-corrected chi connectivity index (χ2v) is 22.4. The lowest BCUT2D eigenvalue weighted by molar-refractivity contribution is -0.143. The lowest BCUT2D eigenvalue weighted by Gasteiger charge is -2.22. The second kappa shape index (κ2) is 61.9. The maximum absolute atomic E-state index is 12.5. The molecule has 0 aromatic rings. The average molecular weight is 1010 g/mol. The zero-order chi connectivity index (χ0) is 52.2. The molecule has 0 saturated heterocycles. The van der Waals surface area contributed by atoms with E-state index in [4.69, 9.17) is 4.74 Å². The Morgan fingerprint density at radius 1 is 0.375 bits per heavy atom. The molecular formula is C66H127NO5. The van der Waals surface area contributed by atoms with Gasteiger partial charge in [0, 0.05) is 12.8 Å². The van der Waals surface area contributed by atoms with E-state index in [0.29, 0.717) is 25.9 Å². The van der Waals surface area contributed by atoms with Crippen molar-refractivity contribution in [2.45, 2.75) is 373 Å². The van der Waals surface area contributed by atoms with E-state index in [1.54, 1.807) is 0 Å². The zero-order valence-electron chi connectivity index (χ0n) is 48.7. The first-order chi connectivity index (χ1) is 35.5. The molecule has 6 nitrogen and oxygen atoms in total. The van der Waals surface area contributed by atoms with Crippen LogP contribution in [0.25, 0.3) is 0 Å². The number of rotatable bonds is 61. The predicted octanol–water partition coefficient (Wildman–Crippen LogP) is 20.6. The van der Waals surface area contributed by atoms with Gasteiger partial charge in [0.25, 0.3) is 0 Å². The van der Waals surface area contributed by atoms with Crippen LogP contribution in [0.15, 0.2) is 24.3 Å². The molecule has 72 heavy (non-hydrogen) atoms. The lowest BCUT2D eigenvalue weighted by atomic mass is 10.0. The van der Waals surface area contributed by atoms with Gasteiger partial charge in [0.1, 0.15) is 0 Å². The molecule has 0 saturated carbocycles. The van der Waals surface area contributed by atoms with Gasteiger partial charge in [0.2, 0.25) is 5.91 Å². The van der Waals surface area contributed by atoms with Crippen molar-refractivity contribution in [3.8, 4) is 0 Å². The minimum atomic E-state index is -0.662. The minimum absolute atomic E-state index is 0.00751. The normalized spacial score (nSPS) is 12.7. The molecule has 0 aliphatic heterocycles. The third-order valence-corrected chi connectivity index (χ3v) is 15.2. The summed E-state index contributed by atoms with van der Waals surface area (Å²) < 4.78 is 5.48. The maximum atomic E-state index is 12.5. The SMILES string of the molecule is CCCCCC/C=C\CCCCCCCC(=O)OCCCCCCCCCCCCCC/C=C\CCCCCCCCCCCCCCCC(=O)NC(CO)C(O)CCCCCCCCCCCCCCC. The van der Waals surface area contributed by atoms with Crippen LogP contribution in [0, 0.1) is 0 Å². The molecule has 0 aliphatic carbocycles. The first-order valence-electron chi connectivity index (χ1n) is 32.6. The molecule has 2 atom stereocenters. The smallest absolute Gasteiger partial charge is 0.305 e. The summed E-state index contributed by atoms with van der Waals surface area (Å²) >= 11 is 0. The number of hydrogen-bond acceptors (Lipinski definition) is 5. The molecule has 6 heteroatoms. The molecule has 0 aliphatic rings. The second-order valence-electron chi connectivity index (χ2n) is 22.4. The summed E-state index contributed by atoms with van der Waals surface area (Å²) in [5, 5.41) is 23.3. The molecule has 3 N–H and O–H groups in total. The highest BCUT2D eigenvalue weighted by Crippen LogP contribution is 2.18. The number of aliphatic hydroxyl groups excluding tert-OH is 2. The van der Waals surface area contributed by atoms with Gasteiger partial charge in [-0.3, -0.25) is 9.59 Å². The number of carbonyl (C=O) groups excluding carboxylic acids is 2. The van der Waals surface area contributed by atoms with Crippen LogP contribution in [-0.2, 0) is 14.3 Å². The Bertz CT molecular complexity index is 1120. The molecule has 2 unspecified atom stereocenters. The Morgan fingerprint density at radius 3 is 1.00 bits per heavy atom. The number of carbonyl (C=O) groups is 2. The highest BCUT2D eigenvalue weighted by Gasteiger charge is 2.20. The molecule has 0 rings (SSSR count). The quantitative estimate of drug-likeness (QED) is 0.0320. The van der Waals surface area contributed by atoms with Crippen molar-refractivity contribution in [1.29, 1.82) is 0 Å². The van der Waals surface area contributed by atoms with Crippen LogP contribution in [-0.4, -0.2) is 47.4 Å². The number of esters is 1. The third-order valence-electron chi connectivity index (χ3n) is 15.2. The predicted molar refractivity (Wildman–Crippen MR) is 315 cm³/mol. The van der Waals surface area contributed by atoms with Gasteiger partial charge in [-0.1, -0.05) is 295 Å². The van der Waals surface area contributed by atoms with E-state index in [2.05, 4.69) is 43.5 Å². The third kappa shape index (κ3) is 57.6. The van der Waals surface area contributed by atoms with Crippen molar-refractivity contribution in [1.82, 2.24) is 5.32 Å². The molecule has 0 bridgehead atoms. The summed E-state index contributed by atoms with van der Waals surface area (Å²) in [5.74, 6) is -0.0252. The van der Waals surface area contributed by atoms with E-state index in [1.165, 1.54) is 283 Å². The molecular weight excluding hydrogens is 887 g/mol. The number of amides is 1. The first kappa shape index (κ1) is 70.3. The van der Waals surface area contributed by atoms with E-state index in [1.807, 2.05) is 0 Å². The van der Waals surface area contributed by atoms with Crippen molar-refractivity contribution in [2.24, 2.45) is 0 Å². The van der Waals surface area contributed by atoms with Crippen molar-refractivity contribution < 1.29 is 24.5 Å². The number of nitrogens with one attached hydrogen (secondary N) is 1. The van der Waals surface area contributed by atoms with E-state index < -0.39 is 12.1 Å². The molecule has 0 radical (unpaired) electrons. The van der Waals surface area contributed by atoms with Gasteiger partial charge in [0.15, 0.2) is 0 Å². The molecule has 0 heterocycles. The van der Waals surface area contributed by atoms with Crippen LogP contribution in [0.2, 0.25) is 0 Å². The van der Waals surface area contributed by atoms with Crippen LogP contribution >= 0.6 is 0 Å². The Kier molecular flexibility index (Phi) is 60.5. The number of hydrogen-bond donors (Lipinski definition) is 3. The fourth-order valence-corrected chi connectivity index (χ4v) is 10.2. The zero-order valence-corrected chi connectivity index (χ0v) is 48.7. The summed E-state index contributed by atoms with van der Waals surface area (Å²) in [6.45, 7) is 4.95. The van der Waals surface area contributed by atoms with Gasteiger partial charge >= 0.3 is 5.97 Å². The summed E-state index contributed by atoms with van der Waals surface area (Å²) in [6, 6.07) is -0.540. The number of aliphatic hydroxyl groups is 2. The van der Waals surface area contributed by atoms with E-state index in [-0.39, 0.29) is 18.5 Å². The van der Waals surface area contributed by atoms with E-state index in [0.717, 1.165) is 44.9 Å². The maximum Gasteiger partial charge on any atom is 0.305 e. The van der Waals surface area contributed by atoms with Crippen LogP contribution in [0.1, 0.15) is 361 Å². The Balaban J connectivity index is 3.36. The van der Waals surface area contributed by atoms with Gasteiger partial charge in [-0.25, -0.2) is 0 Å². The highest BCUT2D eigenvalue weighted by atomic mass is 16.5. The van der Waals surface area contributed by atoms with E-state index >= 15 is 0 Å². The van der Waals surface area contributed by atoms with E-state index in [9.17, 15) is 19.8 Å². The molecule has 0 fully saturated rings. The van der Waals surface area contributed by atoms with Crippen molar-refractivity contribution >= 4 is 11.9 Å². The van der Waals surface area contributed by atoms with Crippen molar-refractivity contribution in [3.05, 3.63) is 24.3 Å². The summed E-state index contributed by atoms with van der Waals surface area (Å²) in [5.41, 5.74) is 0. The minimum Gasteiger partial charge on any atom is -0.466 e. The highest BCUT2D eigenvalue weighted by molar-refractivity contribution is 5.76. The molecule has 0 aromatic carbocycles.